The van der Waals surface area contributed by atoms with E-state index in [1.807, 2.05) is 55.3 Å². The topological polar surface area (TPSA) is 293 Å². The SMILES string of the molecule is C.C.CS(=O)(=O)NC(C(=O)O)c1ccccc1.Cc1cn2nc([C@@H]3CCCCN3)cc2nc1N1CC[C@H](NC(=O)OC(C)(C)C)C1.Cc1cn2nc([C@@H]3CCCCN3C(=O)C(NS(C)(=O)=O)c3ccccc3)cc2nc1N1CC[C@H](N)C1. The van der Waals surface area contributed by atoms with E-state index in [2.05, 4.69) is 44.3 Å². The number of carbonyl (C=O) groups is 3. The molecule has 10 rings (SSSR count). The number of rotatable bonds is 13. The zero-order valence-corrected chi connectivity index (χ0v) is 48.2. The summed E-state index contributed by atoms with van der Waals surface area (Å²) in [6.07, 6.45) is 13.7. The smallest absolute Gasteiger partial charge is 0.407 e. The van der Waals surface area contributed by atoms with Gasteiger partial charge in [0, 0.05) is 74.4 Å². The van der Waals surface area contributed by atoms with E-state index in [4.69, 9.17) is 35.7 Å². The van der Waals surface area contributed by atoms with E-state index in [9.17, 15) is 31.2 Å². The van der Waals surface area contributed by atoms with E-state index in [0.717, 1.165) is 129 Å². The van der Waals surface area contributed by atoms with Gasteiger partial charge in [-0.25, -0.2) is 40.6 Å². The number of hydrogen-bond donors (Lipinski definition) is 6. The zero-order valence-electron chi connectivity index (χ0n) is 46.6. The number of carboxylic acids is 1. The molecule has 2 amide bonds. The zero-order chi connectivity index (χ0) is 57.5. The first-order valence-corrected chi connectivity index (χ1v) is 31.0. The molecule has 4 aliphatic heterocycles. The minimum Gasteiger partial charge on any atom is -0.480 e. The largest absolute Gasteiger partial charge is 0.480 e. The van der Waals surface area contributed by atoms with Crippen molar-refractivity contribution in [3.05, 3.63) is 119 Å². The maximum absolute atomic E-state index is 13.8. The summed E-state index contributed by atoms with van der Waals surface area (Å²) >= 11 is 0. The number of hydrogen-bond acceptors (Lipinski definition) is 16. The summed E-state index contributed by atoms with van der Waals surface area (Å²) in [7, 11) is -7.17. The van der Waals surface area contributed by atoms with Gasteiger partial charge in [-0.3, -0.25) is 9.59 Å². The molecule has 2 unspecified atom stereocenters. The Kier molecular flexibility index (Phi) is 21.6. The summed E-state index contributed by atoms with van der Waals surface area (Å²) in [4.78, 5) is 52.7. The van der Waals surface area contributed by atoms with Gasteiger partial charge in [-0.15, -0.1) is 0 Å². The van der Waals surface area contributed by atoms with E-state index in [0.29, 0.717) is 23.7 Å². The molecule has 4 saturated heterocycles. The van der Waals surface area contributed by atoms with Crippen molar-refractivity contribution in [2.75, 3.05) is 61.6 Å². The van der Waals surface area contributed by atoms with Crippen LogP contribution in [0.1, 0.15) is 145 Å². The van der Waals surface area contributed by atoms with Gasteiger partial charge < -0.3 is 40.9 Å². The van der Waals surface area contributed by atoms with Crippen LogP contribution in [0.15, 0.2) is 85.2 Å². The van der Waals surface area contributed by atoms with Crippen LogP contribution >= 0.6 is 0 Å². The van der Waals surface area contributed by atoms with Gasteiger partial charge in [0.15, 0.2) is 11.3 Å². The van der Waals surface area contributed by atoms with E-state index in [1.165, 1.54) is 12.8 Å². The molecule has 448 valence electrons. The fourth-order valence-electron chi connectivity index (χ4n) is 10.6. The number of amides is 2. The minimum atomic E-state index is -3.62. The van der Waals surface area contributed by atoms with Crippen LogP contribution in [0.25, 0.3) is 11.3 Å². The molecule has 6 aromatic rings. The van der Waals surface area contributed by atoms with Gasteiger partial charge in [0.05, 0.1) is 42.0 Å². The highest BCUT2D eigenvalue weighted by atomic mass is 32.2. The van der Waals surface area contributed by atoms with Crippen molar-refractivity contribution < 1.29 is 41.1 Å². The molecule has 4 aromatic heterocycles. The molecule has 0 radical (unpaired) electrons. The first kappa shape index (κ1) is 64.4. The van der Waals surface area contributed by atoms with Crippen molar-refractivity contribution in [3.8, 4) is 0 Å². The number of aromatic nitrogens is 6. The maximum atomic E-state index is 13.8. The van der Waals surface area contributed by atoms with E-state index < -0.39 is 43.7 Å². The Morgan fingerprint density at radius 2 is 1.23 bits per heavy atom. The second kappa shape index (κ2) is 27.5. The highest BCUT2D eigenvalue weighted by Gasteiger charge is 2.36. The normalized spacial score (nSPS) is 20.1. The van der Waals surface area contributed by atoms with Crippen molar-refractivity contribution >= 4 is 60.9 Å². The molecule has 0 aliphatic carbocycles. The van der Waals surface area contributed by atoms with Crippen LogP contribution in [-0.2, 0) is 34.4 Å². The Hall–Kier alpha value is -6.77. The number of aryl methyl sites for hydroxylation is 2. The number of nitrogens with zero attached hydrogens (tertiary/aromatic N) is 9. The average molecular weight is 1170 g/mol. The quantitative estimate of drug-likeness (QED) is 0.0718. The first-order chi connectivity index (χ1) is 37.9. The third-order valence-electron chi connectivity index (χ3n) is 14.2. The average Bonchev–Trinajstić information content (AvgIpc) is 3.38. The molecule has 25 heteroatoms. The number of ether oxygens (including phenoxy) is 1. The number of likely N-dealkylation sites (tertiary alicyclic amines) is 1. The lowest BCUT2D eigenvalue weighted by Crippen LogP contribution is -2.46. The molecule has 4 aliphatic rings. The van der Waals surface area contributed by atoms with Gasteiger partial charge in [-0.1, -0.05) is 81.9 Å². The van der Waals surface area contributed by atoms with Crippen LogP contribution in [0.2, 0.25) is 0 Å². The van der Waals surface area contributed by atoms with Crippen LogP contribution in [0.3, 0.4) is 0 Å². The molecule has 8 heterocycles. The second-order valence-corrected chi connectivity index (χ2v) is 25.7. The van der Waals surface area contributed by atoms with Crippen molar-refractivity contribution in [2.24, 2.45) is 5.73 Å². The lowest BCUT2D eigenvalue weighted by Gasteiger charge is -2.37. The van der Waals surface area contributed by atoms with Crippen molar-refractivity contribution in [1.29, 1.82) is 0 Å². The van der Waals surface area contributed by atoms with E-state index in [1.54, 1.807) is 64.0 Å². The maximum Gasteiger partial charge on any atom is 0.407 e. The number of nitrogens with two attached hydrogens (primary N) is 1. The standard InChI is InChI=1S/C25H33N7O3S.C21H32N6O2.C9H11NO4S.2CH4/c1-17-15-32-22(27-24(17)30-13-11-19(26)16-30)14-20(28-32)21-10-6-7-12-31(21)25(33)23(29-36(2,34)35)18-8-4-3-5-9-18;1-14-12-27-18(11-17(25-27)16-7-5-6-9-22-16)24-19(14)26-10-8-15(13-26)23-20(28)29-21(2,3)4;1-15(13,14)10-8(9(11)12)7-5-3-2-4-6-7;;/h3-5,8-9,14-15,19,21,23,29H,6-7,10-13,16,26H2,1-2H3;11-12,15-16,22H,5-10,13H2,1-4H3,(H,23,28);2-6,8,10H,1H3,(H,11,12);2*1H4/t19-,21-,23?;15-,16-;;;/m00.../s1. The Morgan fingerprint density at radius 3 is 1.76 bits per heavy atom. The van der Waals surface area contributed by atoms with Gasteiger partial charge in [0.2, 0.25) is 26.0 Å². The number of fused-ring (bicyclic) bond motifs is 2. The summed E-state index contributed by atoms with van der Waals surface area (Å²) in [6.45, 7) is 14.5. The fourth-order valence-corrected chi connectivity index (χ4v) is 11.9. The summed E-state index contributed by atoms with van der Waals surface area (Å²) in [5, 5.41) is 25.0. The molecule has 0 bridgehead atoms. The van der Waals surface area contributed by atoms with Gasteiger partial charge in [0.1, 0.15) is 29.3 Å². The molecule has 6 atom stereocenters. The number of anilines is 2. The molecule has 4 fully saturated rings. The molecule has 82 heavy (non-hydrogen) atoms. The fraction of sp³-hybridized carbons (Fsp3) is 0.526. The summed E-state index contributed by atoms with van der Waals surface area (Å²) in [5.74, 6) is 0.380. The second-order valence-electron chi connectivity index (χ2n) is 22.2. The highest BCUT2D eigenvalue weighted by molar-refractivity contribution is 7.89. The van der Waals surface area contributed by atoms with Crippen LogP contribution in [0.4, 0.5) is 16.4 Å². The Labute approximate surface area is 482 Å². The van der Waals surface area contributed by atoms with E-state index >= 15 is 0 Å². The first-order valence-electron chi connectivity index (χ1n) is 27.2. The number of benzene rings is 2. The molecule has 23 nitrogen and oxygen atoms in total. The van der Waals surface area contributed by atoms with E-state index in [-0.39, 0.29) is 45.0 Å². The highest BCUT2D eigenvalue weighted by Crippen LogP contribution is 2.34. The number of alkyl carbamates (subject to hydrolysis) is 1. The van der Waals surface area contributed by atoms with Crippen molar-refractivity contribution in [3.63, 3.8) is 0 Å². The molecule has 0 saturated carbocycles. The van der Waals surface area contributed by atoms with Gasteiger partial charge in [-0.2, -0.15) is 19.6 Å². The van der Waals surface area contributed by atoms with Crippen molar-refractivity contribution in [2.45, 2.75) is 143 Å². The van der Waals surface area contributed by atoms with Crippen molar-refractivity contribution in [1.82, 2.24) is 54.2 Å². The molecule has 2 aromatic carbocycles. The number of nitrogens with one attached hydrogen (secondary N) is 4. The monoisotopic (exact) mass is 1170 g/mol. The van der Waals surface area contributed by atoms with Gasteiger partial charge in [-0.05, 0) is 97.2 Å². The Balaban J connectivity index is 0.000000211. The number of piperidine rings is 2. The number of aliphatic carboxylic acids is 1. The van der Waals surface area contributed by atoms with Crippen LogP contribution < -0.4 is 35.6 Å². The predicted octanol–water partition coefficient (Wildman–Crippen LogP) is 6.51. The van der Waals surface area contributed by atoms with Gasteiger partial charge >= 0.3 is 12.1 Å². The molecule has 0 spiro atoms. The van der Waals surface area contributed by atoms with Gasteiger partial charge in [0.25, 0.3) is 0 Å². The van der Waals surface area contributed by atoms with Crippen LogP contribution in [-0.4, -0.2) is 143 Å². The number of carbonyl (C=O) groups excluding carboxylic acids is 2. The summed E-state index contributed by atoms with van der Waals surface area (Å²) in [6, 6.07) is 19.2. The number of sulfonamides is 2. The Morgan fingerprint density at radius 1 is 0.707 bits per heavy atom. The van der Waals surface area contributed by atoms with Crippen LogP contribution in [0.5, 0.6) is 0 Å². The Bertz CT molecular complexity index is 3350. The summed E-state index contributed by atoms with van der Waals surface area (Å²) < 4.78 is 59.8. The minimum absolute atomic E-state index is 0. The third-order valence-corrected chi connectivity index (χ3v) is 15.5. The lowest BCUT2D eigenvalue weighted by atomic mass is 9.97. The third kappa shape index (κ3) is 17.2. The molecular formula is C57H84N14O9S2. The molecule has 7 N–H and O–H groups in total. The summed E-state index contributed by atoms with van der Waals surface area (Å²) in [5.41, 5.74) is 12.2. The predicted molar refractivity (Wildman–Crippen MR) is 319 cm³/mol. The van der Waals surface area contributed by atoms with Crippen LogP contribution in [0, 0.1) is 13.8 Å². The lowest BCUT2D eigenvalue weighted by molar-refractivity contribution is -0.139. The number of carboxylic acid groups (broad SMARTS) is 1. The molecular weight excluding hydrogens is 1090 g/mol.